The monoisotopic (exact) mass is 354 g/mol. The summed E-state index contributed by atoms with van der Waals surface area (Å²) >= 11 is 11.9. The Morgan fingerprint density at radius 1 is 1.00 bits per heavy atom. The predicted octanol–water partition coefficient (Wildman–Crippen LogP) is 4.42. The Hall–Kier alpha value is -3.17. The van der Waals surface area contributed by atoms with Gasteiger partial charge < -0.3 is 10.2 Å². The van der Waals surface area contributed by atoms with Crippen molar-refractivity contribution in [2.75, 3.05) is 0 Å². The van der Waals surface area contributed by atoms with Crippen molar-refractivity contribution in [3.05, 3.63) is 63.0 Å². The zero-order chi connectivity index (χ0) is 17.7. The zero-order valence-corrected chi connectivity index (χ0v) is 13.6. The lowest BCUT2D eigenvalue weighted by Gasteiger charge is -2.00. The van der Waals surface area contributed by atoms with Gasteiger partial charge in [-0.25, -0.2) is 0 Å². The summed E-state index contributed by atoms with van der Waals surface area (Å²) in [7, 11) is 0. The van der Waals surface area contributed by atoms with Gasteiger partial charge in [0, 0.05) is 21.7 Å². The Bertz CT molecular complexity index is 945. The van der Waals surface area contributed by atoms with Crippen LogP contribution in [0.4, 0.5) is 0 Å². The summed E-state index contributed by atoms with van der Waals surface area (Å²) in [4.78, 5) is 0. The van der Waals surface area contributed by atoms with Crippen LogP contribution >= 0.6 is 23.2 Å². The molecule has 7 heteroatoms. The van der Waals surface area contributed by atoms with E-state index in [1.54, 1.807) is 42.5 Å². The number of rotatable bonds is 3. The second-order valence-electron chi connectivity index (χ2n) is 4.54. The van der Waals surface area contributed by atoms with Crippen molar-refractivity contribution in [3.8, 4) is 29.5 Å². The summed E-state index contributed by atoms with van der Waals surface area (Å²) in [6.45, 7) is 0. The molecule has 0 bridgehead atoms. The van der Waals surface area contributed by atoms with Crippen molar-refractivity contribution in [3.63, 3.8) is 0 Å². The van der Waals surface area contributed by atoms with Gasteiger partial charge in [-0.2, -0.15) is 15.8 Å². The number of nitriles is 3. The van der Waals surface area contributed by atoms with Crippen molar-refractivity contribution in [1.82, 2.24) is 0 Å². The first-order valence-corrected chi connectivity index (χ1v) is 7.22. The minimum Gasteiger partial charge on any atom is -0.457 e. The third-order valence-corrected chi connectivity index (χ3v) is 3.40. The predicted molar refractivity (Wildman–Crippen MR) is 90.2 cm³/mol. The standard InChI is InChI=1S/C17H8Cl2N4O/c18-13-3-10(4-14(19)6-13)16-2-1-15(24-16)5-11(7-20)17(23)12(8-21)9-22/h1-6H,23H2/b11-5-. The van der Waals surface area contributed by atoms with E-state index in [2.05, 4.69) is 0 Å². The molecule has 1 aromatic carbocycles. The third kappa shape index (κ3) is 3.77. The highest BCUT2D eigenvalue weighted by molar-refractivity contribution is 6.35. The van der Waals surface area contributed by atoms with E-state index in [4.69, 9.17) is 49.1 Å². The molecule has 0 amide bonds. The molecular weight excluding hydrogens is 347 g/mol. The van der Waals surface area contributed by atoms with Crippen LogP contribution in [0.2, 0.25) is 10.0 Å². The van der Waals surface area contributed by atoms with Gasteiger partial charge in [0.1, 0.15) is 29.7 Å². The molecule has 0 aliphatic heterocycles. The Morgan fingerprint density at radius 3 is 2.17 bits per heavy atom. The molecule has 0 aliphatic rings. The van der Waals surface area contributed by atoms with Crippen LogP contribution in [0.5, 0.6) is 0 Å². The largest absolute Gasteiger partial charge is 0.457 e. The normalized spacial score (nSPS) is 10.4. The maximum Gasteiger partial charge on any atom is 0.153 e. The van der Waals surface area contributed by atoms with Gasteiger partial charge in [0.2, 0.25) is 0 Å². The lowest BCUT2D eigenvalue weighted by Crippen LogP contribution is -2.03. The second kappa shape index (κ2) is 7.40. The van der Waals surface area contributed by atoms with Crippen molar-refractivity contribution in [2.24, 2.45) is 5.73 Å². The summed E-state index contributed by atoms with van der Waals surface area (Å²) in [5, 5.41) is 27.7. The average Bonchev–Trinajstić information content (AvgIpc) is 3.01. The summed E-state index contributed by atoms with van der Waals surface area (Å²) in [6, 6.07) is 13.4. The molecule has 1 heterocycles. The SMILES string of the molecule is N#CC(C#N)=C(N)/C(C#N)=C\c1ccc(-c2cc(Cl)cc(Cl)c2)o1. The fourth-order valence-electron chi connectivity index (χ4n) is 1.87. The molecule has 2 rings (SSSR count). The summed E-state index contributed by atoms with van der Waals surface area (Å²) in [5.74, 6) is 0.821. The highest BCUT2D eigenvalue weighted by Crippen LogP contribution is 2.29. The molecule has 24 heavy (non-hydrogen) atoms. The molecule has 2 N–H and O–H groups in total. The van der Waals surface area contributed by atoms with Gasteiger partial charge in [-0.05, 0) is 30.3 Å². The Morgan fingerprint density at radius 2 is 1.62 bits per heavy atom. The van der Waals surface area contributed by atoms with Crippen molar-refractivity contribution in [1.29, 1.82) is 15.8 Å². The van der Waals surface area contributed by atoms with Crippen LogP contribution in [0.15, 0.2) is 51.6 Å². The minimum absolute atomic E-state index is 0.0434. The topological polar surface area (TPSA) is 111 Å². The molecule has 1 aromatic heterocycles. The molecule has 0 radical (unpaired) electrons. The van der Waals surface area contributed by atoms with E-state index in [0.29, 0.717) is 27.1 Å². The van der Waals surface area contributed by atoms with E-state index >= 15 is 0 Å². The van der Waals surface area contributed by atoms with Gasteiger partial charge in [-0.1, -0.05) is 23.2 Å². The second-order valence-corrected chi connectivity index (χ2v) is 5.42. The number of nitrogens with two attached hydrogens (primary N) is 1. The Balaban J connectivity index is 2.44. The average molecular weight is 355 g/mol. The van der Waals surface area contributed by atoms with Gasteiger partial charge in [0.05, 0.1) is 11.3 Å². The van der Waals surface area contributed by atoms with E-state index in [1.165, 1.54) is 6.08 Å². The first kappa shape index (κ1) is 17.2. The zero-order valence-electron chi connectivity index (χ0n) is 12.0. The number of furan rings is 1. The number of halogens is 2. The van der Waals surface area contributed by atoms with Crippen LogP contribution in [0, 0.1) is 34.0 Å². The van der Waals surface area contributed by atoms with Crippen LogP contribution in [-0.2, 0) is 0 Å². The van der Waals surface area contributed by atoms with E-state index in [-0.39, 0.29) is 16.8 Å². The number of nitrogens with zero attached hydrogens (tertiary/aromatic N) is 3. The fraction of sp³-hybridized carbons (Fsp3) is 0. The quantitative estimate of drug-likeness (QED) is 0.647. The Labute approximate surface area is 148 Å². The molecule has 2 aromatic rings. The highest BCUT2D eigenvalue weighted by atomic mass is 35.5. The lowest BCUT2D eigenvalue weighted by molar-refractivity contribution is 0.571. The molecule has 0 unspecified atom stereocenters. The van der Waals surface area contributed by atoms with Crippen molar-refractivity contribution < 1.29 is 4.42 Å². The molecule has 0 atom stereocenters. The van der Waals surface area contributed by atoms with E-state index in [0.717, 1.165) is 0 Å². The molecule has 0 saturated heterocycles. The number of benzene rings is 1. The summed E-state index contributed by atoms with van der Waals surface area (Å²) in [5.41, 5.74) is 5.75. The van der Waals surface area contributed by atoms with Crippen molar-refractivity contribution >= 4 is 29.3 Å². The van der Waals surface area contributed by atoms with Crippen LogP contribution < -0.4 is 5.73 Å². The number of hydrogen-bond acceptors (Lipinski definition) is 5. The van der Waals surface area contributed by atoms with Crippen LogP contribution in [0.25, 0.3) is 17.4 Å². The molecule has 0 fully saturated rings. The van der Waals surface area contributed by atoms with Crippen molar-refractivity contribution in [2.45, 2.75) is 0 Å². The molecule has 0 saturated carbocycles. The molecule has 0 spiro atoms. The molecule has 5 nitrogen and oxygen atoms in total. The van der Waals surface area contributed by atoms with Gasteiger partial charge in [0.25, 0.3) is 0 Å². The maximum atomic E-state index is 9.17. The summed E-state index contributed by atoms with van der Waals surface area (Å²) in [6.07, 6.45) is 1.35. The van der Waals surface area contributed by atoms with Crippen LogP contribution in [0.1, 0.15) is 5.76 Å². The number of allylic oxidation sites excluding steroid dienone is 2. The minimum atomic E-state index is -0.337. The maximum absolute atomic E-state index is 9.17. The van der Waals surface area contributed by atoms with Gasteiger partial charge in [0.15, 0.2) is 5.57 Å². The van der Waals surface area contributed by atoms with E-state index < -0.39 is 0 Å². The summed E-state index contributed by atoms with van der Waals surface area (Å²) < 4.78 is 5.62. The first-order chi connectivity index (χ1) is 11.5. The van der Waals surface area contributed by atoms with Gasteiger partial charge >= 0.3 is 0 Å². The number of hydrogen-bond donors (Lipinski definition) is 1. The first-order valence-electron chi connectivity index (χ1n) is 6.47. The van der Waals surface area contributed by atoms with Crippen LogP contribution in [-0.4, -0.2) is 0 Å². The molecule has 0 aliphatic carbocycles. The fourth-order valence-corrected chi connectivity index (χ4v) is 2.40. The smallest absolute Gasteiger partial charge is 0.153 e. The van der Waals surface area contributed by atoms with E-state index in [1.807, 2.05) is 6.07 Å². The highest BCUT2D eigenvalue weighted by Gasteiger charge is 2.10. The molecule has 116 valence electrons. The molecular formula is C17H8Cl2N4O. The van der Waals surface area contributed by atoms with Gasteiger partial charge in [-0.3, -0.25) is 0 Å². The lowest BCUT2D eigenvalue weighted by atomic mass is 10.1. The van der Waals surface area contributed by atoms with Gasteiger partial charge in [-0.15, -0.1) is 0 Å². The van der Waals surface area contributed by atoms with Crippen LogP contribution in [0.3, 0.4) is 0 Å². The van der Waals surface area contributed by atoms with E-state index in [9.17, 15) is 0 Å². The Kier molecular flexibility index (Phi) is 5.30. The third-order valence-electron chi connectivity index (χ3n) is 2.96.